The summed E-state index contributed by atoms with van der Waals surface area (Å²) in [4.78, 5) is 0. The summed E-state index contributed by atoms with van der Waals surface area (Å²) >= 11 is 2.47. The van der Waals surface area contributed by atoms with E-state index in [2.05, 4.69) is 76.5 Å². The van der Waals surface area contributed by atoms with Crippen molar-refractivity contribution in [2.75, 3.05) is 0 Å². The lowest BCUT2D eigenvalue weighted by molar-refractivity contribution is 0.602. The molecule has 1 aromatic heterocycles. The minimum Gasteiger partial charge on any atom is -0.340 e. The molecule has 0 unspecified atom stereocenters. The topological polar surface area (TPSA) is 4.93 Å². The van der Waals surface area contributed by atoms with E-state index < -0.39 is 0 Å². The van der Waals surface area contributed by atoms with Gasteiger partial charge in [-0.15, -0.1) is 0 Å². The molecule has 3 aromatic rings. The molecule has 0 saturated heterocycles. The van der Waals surface area contributed by atoms with Gasteiger partial charge in [-0.25, -0.2) is 0 Å². The van der Waals surface area contributed by atoms with Gasteiger partial charge < -0.3 is 4.57 Å². The number of unbranched alkanes of at least 4 members (excludes halogenated alkanes) is 3. The monoisotopic (exact) mass is 377 g/mol. The highest BCUT2D eigenvalue weighted by Crippen LogP contribution is 2.32. The van der Waals surface area contributed by atoms with Crippen LogP contribution in [0.25, 0.3) is 21.8 Å². The lowest BCUT2D eigenvalue weighted by Crippen LogP contribution is -1.98. The van der Waals surface area contributed by atoms with Gasteiger partial charge in [0.2, 0.25) is 0 Å². The second-order valence-electron chi connectivity index (χ2n) is 5.37. The fourth-order valence-electron chi connectivity index (χ4n) is 2.99. The fourth-order valence-corrected chi connectivity index (χ4v) is 3.78. The molecule has 0 aliphatic rings. The summed E-state index contributed by atoms with van der Waals surface area (Å²) in [6.07, 6.45) is 5.24. The molecule has 0 bridgehead atoms. The average molecular weight is 377 g/mol. The summed E-state index contributed by atoms with van der Waals surface area (Å²) in [5.41, 5.74) is 2.79. The van der Waals surface area contributed by atoms with Gasteiger partial charge in [0.1, 0.15) is 0 Å². The lowest BCUT2D eigenvalue weighted by Gasteiger charge is -2.08. The van der Waals surface area contributed by atoms with Gasteiger partial charge in [0.25, 0.3) is 0 Å². The van der Waals surface area contributed by atoms with Crippen LogP contribution in [0, 0.1) is 3.57 Å². The second-order valence-corrected chi connectivity index (χ2v) is 6.53. The molecule has 2 heteroatoms. The number of aromatic nitrogens is 1. The number of benzene rings is 2. The van der Waals surface area contributed by atoms with Gasteiger partial charge in [0.05, 0.1) is 5.52 Å². The van der Waals surface area contributed by atoms with Crippen LogP contribution in [0.15, 0.2) is 42.5 Å². The lowest BCUT2D eigenvalue weighted by atomic mass is 10.2. The Morgan fingerprint density at radius 3 is 2.55 bits per heavy atom. The summed E-state index contributed by atoms with van der Waals surface area (Å²) in [5, 5.41) is 2.78. The minimum absolute atomic E-state index is 1.13. The van der Waals surface area contributed by atoms with Crippen LogP contribution >= 0.6 is 22.6 Å². The van der Waals surface area contributed by atoms with Crippen molar-refractivity contribution in [3.8, 4) is 0 Å². The number of fused-ring (bicyclic) bond motifs is 3. The van der Waals surface area contributed by atoms with Gasteiger partial charge in [0.15, 0.2) is 0 Å². The first-order valence-electron chi connectivity index (χ1n) is 7.48. The van der Waals surface area contributed by atoms with Crippen LogP contribution in [0.5, 0.6) is 0 Å². The first-order chi connectivity index (χ1) is 9.83. The number of aryl methyl sites for hydroxylation is 1. The zero-order chi connectivity index (χ0) is 13.9. The summed E-state index contributed by atoms with van der Waals surface area (Å²) in [5.74, 6) is 0. The van der Waals surface area contributed by atoms with E-state index in [1.54, 1.807) is 0 Å². The second kappa shape index (κ2) is 6.17. The molecule has 0 saturated carbocycles. The highest BCUT2D eigenvalue weighted by atomic mass is 127. The van der Waals surface area contributed by atoms with Crippen molar-refractivity contribution in [1.82, 2.24) is 4.57 Å². The first-order valence-corrected chi connectivity index (χ1v) is 8.56. The average Bonchev–Trinajstić information content (AvgIpc) is 2.80. The molecule has 1 heterocycles. The predicted molar refractivity (Wildman–Crippen MR) is 96.3 cm³/mol. The van der Waals surface area contributed by atoms with E-state index in [9.17, 15) is 0 Å². The highest BCUT2D eigenvalue weighted by Gasteiger charge is 2.11. The van der Waals surface area contributed by atoms with E-state index in [0.717, 1.165) is 6.54 Å². The van der Waals surface area contributed by atoms with E-state index >= 15 is 0 Å². The molecule has 3 rings (SSSR count). The highest BCUT2D eigenvalue weighted by molar-refractivity contribution is 14.1. The molecule has 0 N–H and O–H groups in total. The molecule has 0 amide bonds. The molecule has 0 aliphatic carbocycles. The largest absolute Gasteiger partial charge is 0.340 e. The molecule has 0 fully saturated rings. The Morgan fingerprint density at radius 1 is 0.900 bits per heavy atom. The quantitative estimate of drug-likeness (QED) is 0.381. The number of hydrogen-bond acceptors (Lipinski definition) is 0. The van der Waals surface area contributed by atoms with Crippen LogP contribution in [-0.4, -0.2) is 4.57 Å². The van der Waals surface area contributed by atoms with Crippen LogP contribution in [0.2, 0.25) is 0 Å². The Morgan fingerprint density at radius 2 is 1.70 bits per heavy atom. The van der Waals surface area contributed by atoms with Gasteiger partial charge in [0, 0.05) is 26.4 Å². The van der Waals surface area contributed by atoms with Gasteiger partial charge >= 0.3 is 0 Å². The van der Waals surface area contributed by atoms with Crippen LogP contribution in [0.4, 0.5) is 0 Å². The maximum Gasteiger partial charge on any atom is 0.0626 e. The van der Waals surface area contributed by atoms with Crippen molar-refractivity contribution in [3.63, 3.8) is 0 Å². The van der Waals surface area contributed by atoms with Gasteiger partial charge in [-0.1, -0.05) is 56.5 Å². The van der Waals surface area contributed by atoms with Crippen molar-refractivity contribution in [1.29, 1.82) is 0 Å². The normalized spacial score (nSPS) is 11.5. The van der Waals surface area contributed by atoms with Crippen LogP contribution in [-0.2, 0) is 6.54 Å². The molecule has 1 nitrogen and oxygen atoms in total. The Kier molecular flexibility index (Phi) is 4.29. The Labute approximate surface area is 134 Å². The van der Waals surface area contributed by atoms with Crippen molar-refractivity contribution < 1.29 is 0 Å². The van der Waals surface area contributed by atoms with Crippen LogP contribution in [0.3, 0.4) is 0 Å². The third kappa shape index (κ3) is 2.46. The molecule has 0 atom stereocenters. The predicted octanol–water partition coefficient (Wildman–Crippen LogP) is 5.98. The van der Waals surface area contributed by atoms with E-state index in [4.69, 9.17) is 0 Å². The first kappa shape index (κ1) is 13.9. The standard InChI is InChI=1S/C18H20IN/c1-2-3-4-7-13-20-17-12-6-5-9-14(17)15-10-8-11-16(19)18(15)20/h5-6,8-12H,2-4,7,13H2,1H3. The summed E-state index contributed by atoms with van der Waals surface area (Å²) in [7, 11) is 0. The number of rotatable bonds is 5. The van der Waals surface area contributed by atoms with Gasteiger partial charge in [-0.05, 0) is 41.1 Å². The minimum atomic E-state index is 1.13. The molecule has 0 spiro atoms. The van der Waals surface area contributed by atoms with E-state index in [-0.39, 0.29) is 0 Å². The molecular formula is C18H20IN. The maximum atomic E-state index is 2.52. The van der Waals surface area contributed by atoms with E-state index in [1.807, 2.05) is 0 Å². The molecule has 0 radical (unpaired) electrons. The van der Waals surface area contributed by atoms with Crippen molar-refractivity contribution in [3.05, 3.63) is 46.0 Å². The molecule has 20 heavy (non-hydrogen) atoms. The molecule has 0 aliphatic heterocycles. The van der Waals surface area contributed by atoms with Crippen LogP contribution < -0.4 is 0 Å². The number of para-hydroxylation sites is 2. The molecular weight excluding hydrogens is 357 g/mol. The van der Waals surface area contributed by atoms with Crippen molar-refractivity contribution in [2.24, 2.45) is 0 Å². The summed E-state index contributed by atoms with van der Waals surface area (Å²) in [6.45, 7) is 3.40. The van der Waals surface area contributed by atoms with Gasteiger partial charge in [-0.2, -0.15) is 0 Å². The SMILES string of the molecule is CCCCCCn1c2ccccc2c2cccc(I)c21. The summed E-state index contributed by atoms with van der Waals surface area (Å²) < 4.78 is 3.87. The number of halogens is 1. The van der Waals surface area contributed by atoms with Crippen molar-refractivity contribution in [2.45, 2.75) is 39.2 Å². The third-order valence-electron chi connectivity index (χ3n) is 3.98. The summed E-state index contributed by atoms with van der Waals surface area (Å²) in [6, 6.07) is 15.4. The Hall–Kier alpha value is -1.03. The van der Waals surface area contributed by atoms with E-state index in [0.29, 0.717) is 0 Å². The van der Waals surface area contributed by atoms with Gasteiger partial charge in [-0.3, -0.25) is 0 Å². The zero-order valence-corrected chi connectivity index (χ0v) is 14.1. The third-order valence-corrected chi connectivity index (χ3v) is 4.85. The van der Waals surface area contributed by atoms with E-state index in [1.165, 1.54) is 51.1 Å². The smallest absolute Gasteiger partial charge is 0.0626 e. The zero-order valence-electron chi connectivity index (χ0n) is 11.9. The van der Waals surface area contributed by atoms with Crippen LogP contribution in [0.1, 0.15) is 32.6 Å². The Bertz CT molecular complexity index is 727. The number of hydrogen-bond donors (Lipinski definition) is 0. The maximum absolute atomic E-state index is 2.52. The van der Waals surface area contributed by atoms with Crippen molar-refractivity contribution >= 4 is 44.4 Å². The fraction of sp³-hybridized carbons (Fsp3) is 0.333. The Balaban J connectivity index is 2.11. The molecule has 2 aromatic carbocycles. The molecule has 104 valence electrons. The number of nitrogens with zero attached hydrogens (tertiary/aromatic N) is 1.